The minimum Gasteiger partial charge on any atom is -0.478 e. The van der Waals surface area contributed by atoms with E-state index in [-0.39, 0.29) is 40.5 Å². The molecule has 3 aliphatic rings. The van der Waals surface area contributed by atoms with Gasteiger partial charge in [-0.3, -0.25) is 9.59 Å². The van der Waals surface area contributed by atoms with Crippen molar-refractivity contribution in [3.8, 4) is 0 Å². The van der Waals surface area contributed by atoms with Crippen LogP contribution >= 0.6 is 23.1 Å². The molecule has 0 aromatic carbocycles. The van der Waals surface area contributed by atoms with Crippen LogP contribution < -0.4 is 11.1 Å². The fraction of sp³-hybridized carbons (Fsp3) is 0.542. The molecule has 0 radical (unpaired) electrons. The van der Waals surface area contributed by atoms with Gasteiger partial charge in [-0.1, -0.05) is 11.2 Å². The highest BCUT2D eigenvalue weighted by Crippen LogP contribution is 2.46. The third-order valence-corrected chi connectivity index (χ3v) is 9.51. The molecule has 1 aliphatic carbocycles. The summed E-state index contributed by atoms with van der Waals surface area (Å²) in [4.78, 5) is 47.0. The van der Waals surface area contributed by atoms with Gasteiger partial charge < -0.3 is 30.6 Å². The van der Waals surface area contributed by atoms with Gasteiger partial charge in [-0.25, -0.2) is 9.78 Å². The summed E-state index contributed by atoms with van der Waals surface area (Å²) in [5.41, 5.74) is 6.48. The van der Waals surface area contributed by atoms with Gasteiger partial charge in [-0.05, 0) is 24.5 Å². The summed E-state index contributed by atoms with van der Waals surface area (Å²) in [7, 11) is 3.41. The van der Waals surface area contributed by atoms with Crippen molar-refractivity contribution in [2.45, 2.75) is 36.6 Å². The van der Waals surface area contributed by atoms with Gasteiger partial charge in [0, 0.05) is 22.8 Å². The number of hydrogen-bond acceptors (Lipinski definition) is 10. The van der Waals surface area contributed by atoms with E-state index in [2.05, 4.69) is 22.5 Å². The number of aliphatic hydroxyl groups is 1. The van der Waals surface area contributed by atoms with Gasteiger partial charge in [0.2, 0.25) is 0 Å². The summed E-state index contributed by atoms with van der Waals surface area (Å²) >= 11 is 2.59. The Balaban J connectivity index is 1.48. The van der Waals surface area contributed by atoms with Crippen molar-refractivity contribution in [2.75, 3.05) is 45.3 Å². The first-order valence-corrected chi connectivity index (χ1v) is 14.0. The van der Waals surface area contributed by atoms with E-state index in [1.54, 1.807) is 5.38 Å². The fourth-order valence-corrected chi connectivity index (χ4v) is 7.36. The SMILES string of the molecule is CO/N=C(\C(=O)N[C@@H]1C(=O)C2C(C(=O)O)=C(/C=C/C[N+]3(C)CCCCC3CO)CS[C@@H]21)c1csc(N)n1. The number of nitrogens with one attached hydrogen (secondary N) is 1. The van der Waals surface area contributed by atoms with Gasteiger partial charge in [0.25, 0.3) is 5.91 Å². The molecule has 3 heterocycles. The molecule has 0 bridgehead atoms. The van der Waals surface area contributed by atoms with E-state index in [1.807, 2.05) is 12.2 Å². The number of likely N-dealkylation sites (N-methyl/N-ethyl adjacent to an activating group) is 1. The minimum atomic E-state index is -1.13. The van der Waals surface area contributed by atoms with Crippen molar-refractivity contribution in [3.05, 3.63) is 34.4 Å². The van der Waals surface area contributed by atoms with E-state index in [1.165, 1.54) is 18.9 Å². The Bertz CT molecular complexity index is 1160. The molecule has 1 aromatic rings. The van der Waals surface area contributed by atoms with Crippen LogP contribution in [0.1, 0.15) is 25.0 Å². The Morgan fingerprint density at radius 3 is 2.84 bits per heavy atom. The summed E-state index contributed by atoms with van der Waals surface area (Å²) in [5, 5.41) is 27.6. The molecule has 1 saturated heterocycles. The average molecular weight is 551 g/mol. The number of hydrogen-bond donors (Lipinski definition) is 4. The zero-order valence-electron chi connectivity index (χ0n) is 20.8. The van der Waals surface area contributed by atoms with E-state index < -0.39 is 29.1 Å². The van der Waals surface area contributed by atoms with Crippen molar-refractivity contribution in [1.29, 1.82) is 0 Å². The Morgan fingerprint density at radius 2 is 2.19 bits per heavy atom. The summed E-state index contributed by atoms with van der Waals surface area (Å²) in [6, 6.07) is -0.676. The third-order valence-electron chi connectivity index (χ3n) is 7.43. The molecule has 37 heavy (non-hydrogen) atoms. The molecule has 4 rings (SSSR count). The monoisotopic (exact) mass is 550 g/mol. The number of likely N-dealkylation sites (tertiary alicyclic amines) is 1. The van der Waals surface area contributed by atoms with Crippen molar-refractivity contribution in [1.82, 2.24) is 10.3 Å². The molecule has 11 nitrogen and oxygen atoms in total. The van der Waals surface area contributed by atoms with Crippen molar-refractivity contribution in [2.24, 2.45) is 11.1 Å². The summed E-state index contributed by atoms with van der Waals surface area (Å²) in [6.07, 6.45) is 6.94. The first-order valence-electron chi connectivity index (χ1n) is 12.1. The number of thioether (sulfide) groups is 1. The molecule has 5 N–H and O–H groups in total. The number of oxime groups is 1. The number of amides is 1. The number of carboxylic acids is 1. The largest absolute Gasteiger partial charge is 0.478 e. The van der Waals surface area contributed by atoms with Crippen molar-refractivity contribution < 1.29 is 33.9 Å². The maximum absolute atomic E-state index is 13.1. The van der Waals surface area contributed by atoms with Gasteiger partial charge in [0.15, 0.2) is 16.6 Å². The van der Waals surface area contributed by atoms with E-state index in [0.717, 1.165) is 37.1 Å². The van der Waals surface area contributed by atoms with Crippen LogP contribution in [-0.4, -0.2) is 100.0 Å². The number of aromatic nitrogens is 1. The fourth-order valence-electron chi connectivity index (χ4n) is 5.33. The van der Waals surface area contributed by atoms with E-state index in [9.17, 15) is 24.6 Å². The first-order chi connectivity index (χ1) is 17.7. The number of fused-ring (bicyclic) bond motifs is 1. The van der Waals surface area contributed by atoms with Crippen LogP contribution in [0.25, 0.3) is 0 Å². The molecule has 2 fully saturated rings. The number of nitrogens with zero attached hydrogens (tertiary/aromatic N) is 3. The summed E-state index contributed by atoms with van der Waals surface area (Å²) in [5.74, 6) is -2.51. The molecule has 1 aromatic heterocycles. The van der Waals surface area contributed by atoms with E-state index >= 15 is 0 Å². The number of allylic oxidation sites excluding steroid dienone is 1. The summed E-state index contributed by atoms with van der Waals surface area (Å²) < 4.78 is 0.713. The first kappa shape index (κ1) is 27.3. The quantitative estimate of drug-likeness (QED) is 0.198. The minimum absolute atomic E-state index is 0.0913. The van der Waals surface area contributed by atoms with Gasteiger partial charge >= 0.3 is 5.97 Å². The number of aliphatic carboxylic acids is 1. The highest BCUT2D eigenvalue weighted by atomic mass is 32.2. The van der Waals surface area contributed by atoms with Crippen LogP contribution in [0.3, 0.4) is 0 Å². The number of nitrogen functional groups attached to an aromatic ring is 1. The maximum Gasteiger partial charge on any atom is 0.332 e. The number of quaternary nitrogens is 1. The lowest BCUT2D eigenvalue weighted by atomic mass is 9.71. The van der Waals surface area contributed by atoms with Gasteiger partial charge in [-0.2, -0.15) is 11.8 Å². The van der Waals surface area contributed by atoms with Crippen LogP contribution in [0, 0.1) is 5.92 Å². The predicted octanol–water partition coefficient (Wildman–Crippen LogP) is 0.804. The second-order valence-electron chi connectivity index (χ2n) is 9.66. The van der Waals surface area contributed by atoms with Crippen molar-refractivity contribution in [3.63, 3.8) is 0 Å². The van der Waals surface area contributed by atoms with Crippen LogP contribution in [-0.2, 0) is 19.2 Å². The number of carbonyl (C=O) groups is 3. The van der Waals surface area contributed by atoms with E-state index in [0.29, 0.717) is 22.4 Å². The number of piperidine rings is 1. The van der Waals surface area contributed by atoms with Crippen LogP contribution in [0.5, 0.6) is 0 Å². The smallest absolute Gasteiger partial charge is 0.332 e. The topological polar surface area (TPSA) is 164 Å². The number of thiazole rings is 1. The second kappa shape index (κ2) is 11.3. The lowest BCUT2D eigenvalue weighted by molar-refractivity contribution is -0.933. The zero-order valence-corrected chi connectivity index (χ0v) is 22.4. The Morgan fingerprint density at radius 1 is 1.41 bits per heavy atom. The number of anilines is 1. The highest BCUT2D eigenvalue weighted by Gasteiger charge is 2.56. The number of rotatable bonds is 9. The Kier molecular flexibility index (Phi) is 8.36. The molecular formula is C24H32N5O6S2+. The molecule has 2 aliphatic heterocycles. The molecule has 1 amide bonds. The Labute approximate surface area is 223 Å². The average Bonchev–Trinajstić information content (AvgIpc) is 3.30. The molecule has 3 unspecified atom stereocenters. The molecular weight excluding hydrogens is 518 g/mol. The predicted molar refractivity (Wildman–Crippen MR) is 141 cm³/mol. The van der Waals surface area contributed by atoms with Gasteiger partial charge in [-0.15, -0.1) is 11.3 Å². The van der Waals surface area contributed by atoms with Gasteiger partial charge in [0.1, 0.15) is 24.9 Å². The Hall–Kier alpha value is -2.74. The van der Waals surface area contributed by atoms with Crippen molar-refractivity contribution >= 4 is 51.6 Å². The summed E-state index contributed by atoms with van der Waals surface area (Å²) in [6.45, 7) is 1.76. The number of Topliss-reactive ketones (excluding diaryl/α,β-unsaturated/α-hetero) is 1. The third kappa shape index (κ3) is 5.44. The van der Waals surface area contributed by atoms with Gasteiger partial charge in [0.05, 0.1) is 38.2 Å². The molecule has 1 saturated carbocycles. The lowest BCUT2D eigenvalue weighted by Gasteiger charge is -2.46. The standard InChI is InChI=1S/C24H31N5O6S2/c1-29(8-4-3-7-14(29)10-30)9-5-6-13-11-36-21-17(16(13)23(33)34)20(31)19(21)27-22(32)18(28-35-2)15-12-37-24(25)26-15/h5-6,12,14,17,19,21,30H,3-4,7-11H2,1-2H3,(H3-,25,26,27,32,33,34)/p+1/b6-5+,28-18-/t14?,17?,19-,21+,29?/m1/s1. The number of carbonyl (C=O) groups excluding carboxylic acids is 2. The number of ketones is 1. The maximum atomic E-state index is 13.1. The zero-order chi connectivity index (χ0) is 26.7. The van der Waals surface area contributed by atoms with Crippen LogP contribution in [0.15, 0.2) is 33.8 Å². The van der Waals surface area contributed by atoms with E-state index in [4.69, 9.17) is 10.6 Å². The molecule has 5 atom stereocenters. The van der Waals surface area contributed by atoms with Crippen LogP contribution in [0.2, 0.25) is 0 Å². The molecule has 13 heteroatoms. The number of carboxylic acid groups (broad SMARTS) is 1. The molecule has 0 spiro atoms. The lowest BCUT2D eigenvalue weighted by Crippen LogP contribution is -2.65. The normalized spacial score (nSPS) is 30.1. The second-order valence-corrected chi connectivity index (χ2v) is 11.7. The molecule has 200 valence electrons. The highest BCUT2D eigenvalue weighted by molar-refractivity contribution is 8.00. The van der Waals surface area contributed by atoms with Crippen LogP contribution in [0.4, 0.5) is 5.13 Å². The number of nitrogens with two attached hydrogens (primary N) is 1. The number of aliphatic hydroxyl groups excluding tert-OH is 1.